The van der Waals surface area contributed by atoms with Gasteiger partial charge in [0.25, 0.3) is 21.8 Å². The quantitative estimate of drug-likeness (QED) is 0.195. The molecular formula is C30H28N4O6S. The molecular weight excluding hydrogens is 544 g/mol. The van der Waals surface area contributed by atoms with Gasteiger partial charge in [-0.05, 0) is 78.4 Å². The van der Waals surface area contributed by atoms with Gasteiger partial charge in [-0.1, -0.05) is 36.4 Å². The van der Waals surface area contributed by atoms with Gasteiger partial charge in [0.1, 0.15) is 18.0 Å². The smallest absolute Gasteiger partial charge is 0.264 e. The van der Waals surface area contributed by atoms with Crippen molar-refractivity contribution in [2.24, 2.45) is 5.10 Å². The average Bonchev–Trinajstić information content (AvgIpc) is 3.00. The number of nitrogens with one attached hydrogen (secondary N) is 2. The van der Waals surface area contributed by atoms with Gasteiger partial charge < -0.3 is 14.8 Å². The number of methoxy groups -OCH3 is 1. The molecule has 0 spiro atoms. The lowest BCUT2D eigenvalue weighted by Gasteiger charge is -2.23. The predicted octanol–water partition coefficient (Wildman–Crippen LogP) is 4.06. The van der Waals surface area contributed by atoms with Crippen molar-refractivity contribution in [1.29, 1.82) is 0 Å². The van der Waals surface area contributed by atoms with Gasteiger partial charge in [0.2, 0.25) is 0 Å². The van der Waals surface area contributed by atoms with Crippen LogP contribution in [0.3, 0.4) is 0 Å². The number of carbonyl (C=O) groups is 2. The molecule has 2 amide bonds. The van der Waals surface area contributed by atoms with E-state index < -0.39 is 22.5 Å². The second kappa shape index (κ2) is 13.8. The predicted molar refractivity (Wildman–Crippen MR) is 157 cm³/mol. The number of sulfonamides is 1. The molecule has 0 aromatic heterocycles. The minimum absolute atomic E-state index is 0.0701. The molecule has 2 N–H and O–H groups in total. The zero-order valence-corrected chi connectivity index (χ0v) is 23.0. The van der Waals surface area contributed by atoms with E-state index in [9.17, 15) is 18.0 Å². The molecule has 0 saturated carbocycles. The Bertz CT molecular complexity index is 1580. The Hall–Kier alpha value is -5.16. The molecule has 0 aliphatic carbocycles. The fourth-order valence-corrected chi connectivity index (χ4v) is 5.09. The highest BCUT2D eigenvalue weighted by Gasteiger charge is 2.26. The van der Waals surface area contributed by atoms with Crippen LogP contribution in [0.15, 0.2) is 119 Å². The van der Waals surface area contributed by atoms with Crippen LogP contribution in [0.2, 0.25) is 0 Å². The normalized spacial score (nSPS) is 11.0. The summed E-state index contributed by atoms with van der Waals surface area (Å²) in [5, 5.41) is 6.68. The molecule has 41 heavy (non-hydrogen) atoms. The Morgan fingerprint density at radius 2 is 1.41 bits per heavy atom. The number of hydrogen-bond acceptors (Lipinski definition) is 7. The molecule has 0 bridgehead atoms. The lowest BCUT2D eigenvalue weighted by atomic mass is 10.2. The highest BCUT2D eigenvalue weighted by atomic mass is 32.2. The number of hydrazone groups is 1. The lowest BCUT2D eigenvalue weighted by molar-refractivity contribution is -0.119. The maximum atomic E-state index is 13.3. The summed E-state index contributed by atoms with van der Waals surface area (Å²) in [7, 11) is -2.42. The van der Waals surface area contributed by atoms with Crippen LogP contribution in [0.25, 0.3) is 0 Å². The van der Waals surface area contributed by atoms with E-state index in [-0.39, 0.29) is 17.4 Å². The SMILES string of the molecule is COc1ccc(NC(=O)COc2ccc(/C=N\NC(=O)CN(c3ccccc3)S(=O)(=O)c3ccccc3)cc2)cc1. The van der Waals surface area contributed by atoms with Crippen molar-refractivity contribution in [3.8, 4) is 11.5 Å². The number of benzene rings is 4. The molecule has 0 aliphatic rings. The van der Waals surface area contributed by atoms with E-state index in [4.69, 9.17) is 9.47 Å². The largest absolute Gasteiger partial charge is 0.497 e. The highest BCUT2D eigenvalue weighted by Crippen LogP contribution is 2.23. The third kappa shape index (κ3) is 8.16. The number of amides is 2. The number of nitrogens with zero attached hydrogens (tertiary/aromatic N) is 2. The van der Waals surface area contributed by atoms with E-state index >= 15 is 0 Å². The van der Waals surface area contributed by atoms with Gasteiger partial charge in [-0.2, -0.15) is 5.10 Å². The zero-order chi connectivity index (χ0) is 29.1. The first-order valence-electron chi connectivity index (χ1n) is 12.5. The van der Waals surface area contributed by atoms with Crippen LogP contribution >= 0.6 is 0 Å². The van der Waals surface area contributed by atoms with Gasteiger partial charge in [0, 0.05) is 5.69 Å². The summed E-state index contributed by atoms with van der Waals surface area (Å²) in [6.45, 7) is -0.650. The van der Waals surface area contributed by atoms with Crippen LogP contribution in [0.1, 0.15) is 5.56 Å². The summed E-state index contributed by atoms with van der Waals surface area (Å²) in [6, 6.07) is 29.9. The monoisotopic (exact) mass is 572 g/mol. The Kier molecular flexibility index (Phi) is 9.68. The molecule has 0 fully saturated rings. The minimum atomic E-state index is -3.99. The van der Waals surface area contributed by atoms with Crippen molar-refractivity contribution in [3.05, 3.63) is 115 Å². The van der Waals surface area contributed by atoms with Crippen LogP contribution in [-0.2, 0) is 19.6 Å². The topological polar surface area (TPSA) is 126 Å². The highest BCUT2D eigenvalue weighted by molar-refractivity contribution is 7.92. The Balaban J connectivity index is 1.30. The fraction of sp³-hybridized carbons (Fsp3) is 0.100. The van der Waals surface area contributed by atoms with E-state index in [0.29, 0.717) is 28.4 Å². The van der Waals surface area contributed by atoms with Gasteiger partial charge >= 0.3 is 0 Å². The number of ether oxygens (including phenoxy) is 2. The maximum absolute atomic E-state index is 13.3. The average molecular weight is 573 g/mol. The van der Waals surface area contributed by atoms with Crippen LogP contribution < -0.4 is 24.5 Å². The second-order valence-electron chi connectivity index (χ2n) is 8.59. The fourth-order valence-electron chi connectivity index (χ4n) is 3.64. The molecule has 0 unspecified atom stereocenters. The van der Waals surface area contributed by atoms with E-state index in [1.807, 2.05) is 0 Å². The summed E-state index contributed by atoms with van der Waals surface area (Å²) < 4.78 is 38.2. The van der Waals surface area contributed by atoms with Gasteiger partial charge in [0.15, 0.2) is 6.61 Å². The van der Waals surface area contributed by atoms with Crippen molar-refractivity contribution >= 4 is 39.4 Å². The van der Waals surface area contributed by atoms with Gasteiger partial charge in [-0.3, -0.25) is 13.9 Å². The van der Waals surface area contributed by atoms with Crippen molar-refractivity contribution in [1.82, 2.24) is 5.43 Å². The van der Waals surface area contributed by atoms with Gasteiger partial charge in [-0.15, -0.1) is 0 Å². The van der Waals surface area contributed by atoms with E-state index in [0.717, 1.165) is 4.31 Å². The van der Waals surface area contributed by atoms with E-state index in [2.05, 4.69) is 15.8 Å². The summed E-state index contributed by atoms with van der Waals surface area (Å²) in [5.41, 5.74) is 4.00. The lowest BCUT2D eigenvalue weighted by Crippen LogP contribution is -2.39. The van der Waals surface area contributed by atoms with Gasteiger partial charge in [0.05, 0.1) is 23.9 Å². The van der Waals surface area contributed by atoms with Crippen molar-refractivity contribution in [2.45, 2.75) is 4.90 Å². The first-order chi connectivity index (χ1) is 19.8. The number of anilines is 2. The molecule has 4 aromatic rings. The minimum Gasteiger partial charge on any atom is -0.497 e. The summed E-state index contributed by atoms with van der Waals surface area (Å²) in [6.07, 6.45) is 1.41. The summed E-state index contributed by atoms with van der Waals surface area (Å²) in [5.74, 6) is 0.225. The first-order valence-corrected chi connectivity index (χ1v) is 13.9. The van der Waals surface area contributed by atoms with Crippen LogP contribution in [0, 0.1) is 0 Å². The number of hydrogen-bond donors (Lipinski definition) is 2. The molecule has 210 valence electrons. The Morgan fingerprint density at radius 3 is 2.05 bits per heavy atom. The number of para-hydroxylation sites is 1. The molecule has 0 heterocycles. The van der Waals surface area contributed by atoms with Crippen LogP contribution in [-0.4, -0.2) is 46.7 Å². The third-order valence-electron chi connectivity index (χ3n) is 5.69. The Labute approximate surface area is 238 Å². The van der Waals surface area contributed by atoms with Gasteiger partial charge in [-0.25, -0.2) is 13.8 Å². The second-order valence-corrected chi connectivity index (χ2v) is 10.5. The van der Waals surface area contributed by atoms with Crippen LogP contribution in [0.4, 0.5) is 11.4 Å². The molecule has 4 rings (SSSR count). The van der Waals surface area contributed by atoms with Crippen molar-refractivity contribution < 1.29 is 27.5 Å². The zero-order valence-electron chi connectivity index (χ0n) is 22.1. The standard InChI is InChI=1S/C30H28N4O6S/c1-39-26-18-14-24(15-19-26)32-30(36)22-40-27-16-12-23(13-17-27)20-31-33-29(35)21-34(25-8-4-2-5-9-25)41(37,38)28-10-6-3-7-11-28/h2-20H,21-22H2,1H3,(H,32,36)(H,33,35)/b31-20-. The number of carbonyl (C=O) groups excluding carboxylic acids is 2. The van der Waals surface area contributed by atoms with E-state index in [1.165, 1.54) is 18.3 Å². The summed E-state index contributed by atoms with van der Waals surface area (Å²) in [4.78, 5) is 24.9. The van der Waals surface area contributed by atoms with Crippen molar-refractivity contribution in [2.75, 3.05) is 29.9 Å². The van der Waals surface area contributed by atoms with Crippen LogP contribution in [0.5, 0.6) is 11.5 Å². The molecule has 0 saturated heterocycles. The molecule has 4 aromatic carbocycles. The molecule has 11 heteroatoms. The van der Waals surface area contributed by atoms with Crippen molar-refractivity contribution in [3.63, 3.8) is 0 Å². The molecule has 10 nitrogen and oxygen atoms in total. The number of rotatable bonds is 12. The maximum Gasteiger partial charge on any atom is 0.264 e. The molecule has 0 aliphatic heterocycles. The first kappa shape index (κ1) is 28.8. The molecule has 0 atom stereocenters. The molecule has 0 radical (unpaired) electrons. The third-order valence-corrected chi connectivity index (χ3v) is 7.48. The summed E-state index contributed by atoms with van der Waals surface area (Å²) >= 11 is 0. The Morgan fingerprint density at radius 1 is 0.805 bits per heavy atom. The van der Waals surface area contributed by atoms with E-state index in [1.54, 1.807) is 104 Å².